The number of methoxy groups -OCH3 is 1. The number of carbonyl (C=O) groups excluding carboxylic acids is 1. The number of nitrogens with zero attached hydrogens (tertiary/aromatic N) is 1. The molecule has 0 saturated heterocycles. The molecule has 0 spiro atoms. The van der Waals surface area contributed by atoms with Crippen molar-refractivity contribution in [3.8, 4) is 0 Å². The number of oxazole rings is 1. The van der Waals surface area contributed by atoms with E-state index in [0.717, 1.165) is 11.1 Å². The van der Waals surface area contributed by atoms with E-state index in [4.69, 9.17) is 14.9 Å². The summed E-state index contributed by atoms with van der Waals surface area (Å²) in [7, 11) is 1.38. The van der Waals surface area contributed by atoms with Gasteiger partial charge < -0.3 is 14.9 Å². The molecule has 0 fully saturated rings. The number of ether oxygens (including phenoxy) is 1. The lowest BCUT2D eigenvalue weighted by molar-refractivity contribution is -0.136. The molecule has 0 unspecified atom stereocenters. The Bertz CT molecular complexity index is 785. The van der Waals surface area contributed by atoms with Crippen LogP contribution in [0.15, 0.2) is 34.3 Å². The summed E-state index contributed by atoms with van der Waals surface area (Å²) < 4.78 is 10.4. The lowest BCUT2D eigenvalue weighted by atomic mass is 9.89. The van der Waals surface area contributed by atoms with Gasteiger partial charge in [-0.05, 0) is 24.0 Å². The number of anilines is 1. The zero-order chi connectivity index (χ0) is 16.7. The number of nitrogens with two attached hydrogens (primary N) is 1. The molecule has 1 aromatic heterocycles. The Hall–Kier alpha value is -2.56. The third-order valence-electron chi connectivity index (χ3n) is 4.32. The number of fused-ring (bicyclic) bond motifs is 1. The normalized spacial score (nSPS) is 16.8. The van der Waals surface area contributed by atoms with Gasteiger partial charge in [-0.15, -0.1) is 0 Å². The van der Waals surface area contributed by atoms with Crippen molar-refractivity contribution in [1.82, 2.24) is 4.98 Å². The van der Waals surface area contributed by atoms with Crippen LogP contribution < -0.4 is 5.73 Å². The van der Waals surface area contributed by atoms with Crippen molar-refractivity contribution < 1.29 is 13.9 Å². The van der Waals surface area contributed by atoms with Gasteiger partial charge in [0, 0.05) is 5.57 Å². The fraction of sp³-hybridized carbons (Fsp3) is 0.333. The van der Waals surface area contributed by atoms with Crippen LogP contribution in [-0.2, 0) is 9.53 Å². The topological polar surface area (TPSA) is 78.3 Å². The SMILES string of the molecule is COC(=O)C1=C(C)c2oc(N)nc2[C@@H]1c1ccc(C(C)C)cc1. The predicted molar refractivity (Wildman–Crippen MR) is 87.9 cm³/mol. The first kappa shape index (κ1) is 15.3. The molecule has 0 amide bonds. The van der Waals surface area contributed by atoms with Gasteiger partial charge in [0.15, 0.2) is 5.76 Å². The molecule has 2 aromatic rings. The summed E-state index contributed by atoms with van der Waals surface area (Å²) in [6.07, 6.45) is 0. The number of aromatic nitrogens is 1. The summed E-state index contributed by atoms with van der Waals surface area (Å²) in [5, 5.41) is 0. The van der Waals surface area contributed by atoms with Crippen LogP contribution in [0.2, 0.25) is 0 Å². The lowest BCUT2D eigenvalue weighted by Crippen LogP contribution is -2.13. The van der Waals surface area contributed by atoms with E-state index < -0.39 is 0 Å². The highest BCUT2D eigenvalue weighted by Gasteiger charge is 2.39. The van der Waals surface area contributed by atoms with E-state index in [1.54, 1.807) is 0 Å². The van der Waals surface area contributed by atoms with Crippen LogP contribution in [0, 0.1) is 0 Å². The van der Waals surface area contributed by atoms with Gasteiger partial charge in [-0.25, -0.2) is 4.79 Å². The fourth-order valence-corrected chi connectivity index (χ4v) is 3.07. The number of esters is 1. The van der Waals surface area contributed by atoms with E-state index in [9.17, 15) is 4.79 Å². The molecule has 5 nitrogen and oxygen atoms in total. The minimum atomic E-state index is -0.368. The monoisotopic (exact) mass is 312 g/mol. The number of rotatable bonds is 3. The van der Waals surface area contributed by atoms with Crippen LogP contribution in [0.5, 0.6) is 0 Å². The molecule has 0 radical (unpaired) electrons. The summed E-state index contributed by atoms with van der Waals surface area (Å²) in [5.41, 5.74) is 9.88. The van der Waals surface area contributed by atoms with E-state index in [0.29, 0.717) is 22.9 Å². The number of carbonyl (C=O) groups is 1. The standard InChI is InChI=1S/C18H20N2O3/c1-9(2)11-5-7-12(8-6-11)14-13(17(21)22-4)10(3)16-15(14)20-18(19)23-16/h5-9,14H,1-4H3,(H2,19,20)/t14-/m1/s1. The molecule has 1 atom stereocenters. The minimum absolute atomic E-state index is 0.113. The largest absolute Gasteiger partial charge is 0.466 e. The second-order valence-corrected chi connectivity index (χ2v) is 6.05. The van der Waals surface area contributed by atoms with Crippen molar-refractivity contribution in [2.45, 2.75) is 32.6 Å². The summed E-state index contributed by atoms with van der Waals surface area (Å²) in [5.74, 6) is 0.344. The number of hydrogen-bond acceptors (Lipinski definition) is 5. The van der Waals surface area contributed by atoms with Crippen molar-refractivity contribution in [2.24, 2.45) is 0 Å². The van der Waals surface area contributed by atoms with Crippen molar-refractivity contribution in [3.05, 3.63) is 52.4 Å². The molecule has 120 valence electrons. The van der Waals surface area contributed by atoms with Gasteiger partial charge in [-0.1, -0.05) is 38.1 Å². The van der Waals surface area contributed by atoms with Crippen LogP contribution in [0.4, 0.5) is 6.01 Å². The third-order valence-corrected chi connectivity index (χ3v) is 4.32. The van der Waals surface area contributed by atoms with Crippen molar-refractivity contribution in [3.63, 3.8) is 0 Å². The lowest BCUT2D eigenvalue weighted by Gasteiger charge is -2.15. The molecule has 23 heavy (non-hydrogen) atoms. The summed E-state index contributed by atoms with van der Waals surface area (Å²) in [6, 6.07) is 8.31. The quantitative estimate of drug-likeness (QED) is 0.878. The number of hydrogen-bond donors (Lipinski definition) is 1. The maximum atomic E-state index is 12.3. The molecule has 2 N–H and O–H groups in total. The number of benzene rings is 1. The highest BCUT2D eigenvalue weighted by molar-refractivity contribution is 6.02. The van der Waals surface area contributed by atoms with Crippen molar-refractivity contribution in [2.75, 3.05) is 12.8 Å². The Morgan fingerprint density at radius 2 is 1.96 bits per heavy atom. The van der Waals surface area contributed by atoms with E-state index in [1.165, 1.54) is 12.7 Å². The second-order valence-electron chi connectivity index (χ2n) is 6.05. The van der Waals surface area contributed by atoms with Crippen molar-refractivity contribution in [1.29, 1.82) is 0 Å². The maximum Gasteiger partial charge on any atom is 0.335 e. The highest BCUT2D eigenvalue weighted by Crippen LogP contribution is 2.46. The first-order chi connectivity index (χ1) is 10.9. The summed E-state index contributed by atoms with van der Waals surface area (Å²) in [6.45, 7) is 6.12. The first-order valence-electron chi connectivity index (χ1n) is 7.59. The zero-order valence-corrected chi connectivity index (χ0v) is 13.7. The van der Waals surface area contributed by atoms with Crippen molar-refractivity contribution >= 4 is 17.6 Å². The van der Waals surface area contributed by atoms with E-state index >= 15 is 0 Å². The van der Waals surface area contributed by atoms with Gasteiger partial charge in [-0.2, -0.15) is 4.98 Å². The third kappa shape index (κ3) is 2.42. The molecular formula is C18H20N2O3. The Morgan fingerprint density at radius 1 is 1.30 bits per heavy atom. The first-order valence-corrected chi connectivity index (χ1v) is 7.59. The number of allylic oxidation sites excluding steroid dienone is 1. The van der Waals surface area contributed by atoms with Gasteiger partial charge in [0.05, 0.1) is 18.6 Å². The summed E-state index contributed by atoms with van der Waals surface area (Å²) in [4.78, 5) is 16.5. The Morgan fingerprint density at radius 3 is 2.52 bits per heavy atom. The molecule has 0 aliphatic heterocycles. The molecule has 3 rings (SSSR count). The van der Waals surface area contributed by atoms with Crippen LogP contribution in [0.1, 0.15) is 55.2 Å². The van der Waals surface area contributed by atoms with Gasteiger partial charge in [0.25, 0.3) is 6.01 Å². The molecule has 0 saturated carbocycles. The molecular weight excluding hydrogens is 292 g/mol. The van der Waals surface area contributed by atoms with E-state index in [-0.39, 0.29) is 17.9 Å². The smallest absolute Gasteiger partial charge is 0.335 e. The molecule has 1 heterocycles. The van der Waals surface area contributed by atoms with Gasteiger partial charge in [0.1, 0.15) is 5.69 Å². The van der Waals surface area contributed by atoms with Crippen LogP contribution in [0.25, 0.3) is 5.57 Å². The van der Waals surface area contributed by atoms with Gasteiger partial charge in [-0.3, -0.25) is 0 Å². The van der Waals surface area contributed by atoms with Gasteiger partial charge in [0.2, 0.25) is 0 Å². The molecule has 5 heteroatoms. The van der Waals surface area contributed by atoms with Crippen LogP contribution in [-0.4, -0.2) is 18.1 Å². The highest BCUT2D eigenvalue weighted by atomic mass is 16.5. The molecule has 1 aliphatic rings. The Labute approximate surface area is 135 Å². The van der Waals surface area contributed by atoms with E-state index in [2.05, 4.69) is 31.0 Å². The van der Waals surface area contributed by atoms with Crippen LogP contribution in [0.3, 0.4) is 0 Å². The average molecular weight is 312 g/mol. The predicted octanol–water partition coefficient (Wildman–Crippen LogP) is 3.47. The number of nitrogen functional groups attached to an aromatic ring is 1. The molecule has 1 aliphatic carbocycles. The fourth-order valence-electron chi connectivity index (χ4n) is 3.07. The molecule has 1 aromatic carbocycles. The molecule has 0 bridgehead atoms. The Balaban J connectivity index is 2.12. The summed E-state index contributed by atoms with van der Waals surface area (Å²) >= 11 is 0. The zero-order valence-electron chi connectivity index (χ0n) is 13.7. The average Bonchev–Trinajstić information content (AvgIpc) is 3.03. The van der Waals surface area contributed by atoms with Gasteiger partial charge >= 0.3 is 5.97 Å². The second kappa shape index (κ2) is 5.57. The minimum Gasteiger partial charge on any atom is -0.466 e. The van der Waals surface area contributed by atoms with E-state index in [1.807, 2.05) is 19.1 Å². The maximum absolute atomic E-state index is 12.3. The van der Waals surface area contributed by atoms with Crippen LogP contribution >= 0.6 is 0 Å². The Kier molecular flexibility index (Phi) is 3.72.